The van der Waals surface area contributed by atoms with Gasteiger partial charge in [0, 0.05) is 23.8 Å². The molecule has 7 nitrogen and oxygen atoms in total. The third kappa shape index (κ3) is 2.60. The van der Waals surface area contributed by atoms with Crippen molar-refractivity contribution in [1.82, 2.24) is 19.4 Å². The van der Waals surface area contributed by atoms with Crippen LogP contribution in [0.1, 0.15) is 39.7 Å². The molecular formula is C16H22N4O3. The monoisotopic (exact) mass is 318 g/mol. The van der Waals surface area contributed by atoms with Gasteiger partial charge in [0.1, 0.15) is 5.52 Å². The molecule has 0 aromatic carbocycles. The number of imidazole rings is 1. The first kappa shape index (κ1) is 15.6. The third-order valence-corrected chi connectivity index (χ3v) is 4.35. The number of aromatic nitrogens is 3. The number of hydrogen-bond acceptors (Lipinski definition) is 4. The van der Waals surface area contributed by atoms with Crippen molar-refractivity contribution < 1.29 is 14.6 Å². The largest absolute Gasteiger partial charge is 0.468 e. The van der Waals surface area contributed by atoms with Crippen molar-refractivity contribution in [3.63, 3.8) is 0 Å². The summed E-state index contributed by atoms with van der Waals surface area (Å²) in [5, 5.41) is 9.50. The van der Waals surface area contributed by atoms with Crippen molar-refractivity contribution >= 4 is 17.3 Å². The Morgan fingerprint density at radius 1 is 1.43 bits per heavy atom. The summed E-state index contributed by atoms with van der Waals surface area (Å²) in [4.78, 5) is 22.0. The number of pyridine rings is 1. The number of hydrogen-bond donors (Lipinski definition) is 1. The summed E-state index contributed by atoms with van der Waals surface area (Å²) in [5.41, 5.74) is 1.16. The van der Waals surface area contributed by atoms with E-state index in [-0.39, 0.29) is 12.1 Å². The van der Waals surface area contributed by atoms with Gasteiger partial charge in [-0.3, -0.25) is 4.57 Å². The van der Waals surface area contributed by atoms with Gasteiger partial charge in [-0.2, -0.15) is 4.98 Å². The minimum Gasteiger partial charge on any atom is -0.468 e. The van der Waals surface area contributed by atoms with E-state index in [1.165, 1.54) is 0 Å². The van der Waals surface area contributed by atoms with Crippen LogP contribution >= 0.6 is 0 Å². The highest BCUT2D eigenvalue weighted by atomic mass is 16.5. The smallest absolute Gasteiger partial charge is 0.407 e. The molecule has 1 saturated carbocycles. The molecule has 2 heterocycles. The van der Waals surface area contributed by atoms with Crippen molar-refractivity contribution in [2.45, 2.75) is 51.2 Å². The molecule has 1 N–H and O–H groups in total. The van der Waals surface area contributed by atoms with E-state index in [1.807, 2.05) is 37.5 Å². The van der Waals surface area contributed by atoms with Crippen molar-refractivity contribution in [3.05, 3.63) is 18.3 Å². The van der Waals surface area contributed by atoms with Crippen LogP contribution in [0.4, 0.5) is 4.79 Å². The Morgan fingerprint density at radius 3 is 2.70 bits per heavy atom. The number of carboxylic acid groups (broad SMARTS) is 1. The van der Waals surface area contributed by atoms with Gasteiger partial charge in [-0.05, 0) is 45.7 Å². The van der Waals surface area contributed by atoms with Crippen LogP contribution in [0.5, 0.6) is 6.01 Å². The number of carbonyl (C=O) groups is 1. The maximum atomic E-state index is 11.6. The highest BCUT2D eigenvalue weighted by Gasteiger charge is 2.43. The van der Waals surface area contributed by atoms with Gasteiger partial charge in [0.15, 0.2) is 5.65 Å². The van der Waals surface area contributed by atoms with Gasteiger partial charge in [-0.15, -0.1) is 0 Å². The quantitative estimate of drug-likeness (QED) is 0.941. The average Bonchev–Trinajstić information content (AvgIpc) is 2.78. The van der Waals surface area contributed by atoms with E-state index >= 15 is 0 Å². The fourth-order valence-electron chi connectivity index (χ4n) is 3.35. The molecule has 0 saturated heterocycles. The predicted molar refractivity (Wildman–Crippen MR) is 85.8 cm³/mol. The van der Waals surface area contributed by atoms with Crippen LogP contribution in [0.2, 0.25) is 0 Å². The van der Waals surface area contributed by atoms with Gasteiger partial charge in [-0.1, -0.05) is 0 Å². The molecule has 1 amide bonds. The lowest BCUT2D eigenvalue weighted by Crippen LogP contribution is -2.56. The summed E-state index contributed by atoms with van der Waals surface area (Å²) in [6.45, 7) is 5.76. The summed E-state index contributed by atoms with van der Waals surface area (Å²) in [5.74, 6) is 0. The van der Waals surface area contributed by atoms with Crippen molar-refractivity contribution in [2.75, 3.05) is 7.11 Å². The lowest BCUT2D eigenvalue weighted by Gasteiger charge is -2.47. The van der Waals surface area contributed by atoms with Gasteiger partial charge < -0.3 is 14.7 Å². The van der Waals surface area contributed by atoms with Crippen molar-refractivity contribution in [1.29, 1.82) is 0 Å². The molecule has 124 valence electrons. The molecule has 0 aliphatic heterocycles. The molecule has 1 aliphatic rings. The zero-order chi connectivity index (χ0) is 16.8. The standard InChI is InChI=1S/C16H22N4O3/c1-16(2,3)20(15(21)22)11-8-10(9-11)19-13-12(6-5-7-17-13)18-14(19)23-4/h5-7,10-11H,8-9H2,1-4H3,(H,21,22)/t10-,11-. The van der Waals surface area contributed by atoms with E-state index in [1.54, 1.807) is 18.2 Å². The fourth-order valence-corrected chi connectivity index (χ4v) is 3.35. The van der Waals surface area contributed by atoms with Crippen LogP contribution in [0, 0.1) is 0 Å². The molecule has 2 aromatic rings. The molecule has 3 rings (SSSR count). The Balaban J connectivity index is 1.86. The summed E-state index contributed by atoms with van der Waals surface area (Å²) in [6.07, 6.45) is 2.33. The molecule has 23 heavy (non-hydrogen) atoms. The van der Waals surface area contributed by atoms with Crippen LogP contribution in [-0.4, -0.2) is 49.3 Å². The molecule has 1 fully saturated rings. The zero-order valence-corrected chi connectivity index (χ0v) is 13.9. The lowest BCUT2D eigenvalue weighted by atomic mass is 9.83. The number of rotatable bonds is 3. The second kappa shape index (κ2) is 5.40. The minimum absolute atomic E-state index is 0.00312. The number of amides is 1. The van der Waals surface area contributed by atoms with E-state index in [0.717, 1.165) is 24.0 Å². The average molecular weight is 318 g/mol. The van der Waals surface area contributed by atoms with Gasteiger partial charge >= 0.3 is 6.09 Å². The van der Waals surface area contributed by atoms with E-state index in [0.29, 0.717) is 6.01 Å². The molecular weight excluding hydrogens is 296 g/mol. The third-order valence-electron chi connectivity index (χ3n) is 4.35. The maximum absolute atomic E-state index is 11.6. The fraction of sp³-hybridized carbons (Fsp3) is 0.562. The number of methoxy groups -OCH3 is 1. The van der Waals surface area contributed by atoms with Crippen LogP contribution in [-0.2, 0) is 0 Å². The second-order valence-electron chi connectivity index (χ2n) is 6.92. The van der Waals surface area contributed by atoms with Gasteiger partial charge in [0.25, 0.3) is 6.01 Å². The maximum Gasteiger partial charge on any atom is 0.407 e. The first-order chi connectivity index (χ1) is 10.8. The van der Waals surface area contributed by atoms with Crippen LogP contribution in [0.25, 0.3) is 11.2 Å². The molecule has 2 aromatic heterocycles. The van der Waals surface area contributed by atoms with Crippen LogP contribution < -0.4 is 4.74 Å². The Morgan fingerprint density at radius 2 is 2.13 bits per heavy atom. The molecule has 0 bridgehead atoms. The molecule has 1 aliphatic carbocycles. The highest BCUT2D eigenvalue weighted by molar-refractivity contribution is 5.72. The molecule has 0 unspecified atom stereocenters. The van der Waals surface area contributed by atoms with Gasteiger partial charge in [-0.25, -0.2) is 9.78 Å². The normalized spacial score (nSPS) is 21.0. The Labute approximate surface area is 134 Å². The minimum atomic E-state index is -0.874. The number of nitrogens with zero attached hydrogens (tertiary/aromatic N) is 4. The first-order valence-corrected chi connectivity index (χ1v) is 7.72. The van der Waals surface area contributed by atoms with E-state index in [2.05, 4.69) is 9.97 Å². The summed E-state index contributed by atoms with van der Waals surface area (Å²) < 4.78 is 7.36. The van der Waals surface area contributed by atoms with Gasteiger partial charge in [0.2, 0.25) is 0 Å². The number of ether oxygens (including phenoxy) is 1. The van der Waals surface area contributed by atoms with Crippen LogP contribution in [0.15, 0.2) is 18.3 Å². The topological polar surface area (TPSA) is 80.5 Å². The predicted octanol–water partition coefficient (Wildman–Crippen LogP) is 2.92. The summed E-state index contributed by atoms with van der Waals surface area (Å²) in [7, 11) is 1.59. The first-order valence-electron chi connectivity index (χ1n) is 7.72. The molecule has 0 atom stereocenters. The van der Waals surface area contributed by atoms with E-state index < -0.39 is 11.6 Å². The summed E-state index contributed by atoms with van der Waals surface area (Å²) in [6, 6.07) is 4.42. The Bertz CT molecular complexity index is 728. The van der Waals surface area contributed by atoms with Gasteiger partial charge in [0.05, 0.1) is 7.11 Å². The van der Waals surface area contributed by atoms with E-state index in [9.17, 15) is 9.90 Å². The Kier molecular flexibility index (Phi) is 3.66. The second-order valence-corrected chi connectivity index (χ2v) is 6.92. The zero-order valence-electron chi connectivity index (χ0n) is 13.9. The van der Waals surface area contributed by atoms with Crippen molar-refractivity contribution in [3.8, 4) is 6.01 Å². The Hall–Kier alpha value is -2.31. The summed E-state index contributed by atoms with van der Waals surface area (Å²) >= 11 is 0. The molecule has 0 spiro atoms. The number of fused-ring (bicyclic) bond motifs is 1. The van der Waals surface area contributed by atoms with Crippen LogP contribution in [0.3, 0.4) is 0 Å². The van der Waals surface area contributed by atoms with Crippen molar-refractivity contribution in [2.24, 2.45) is 0 Å². The lowest BCUT2D eigenvalue weighted by molar-refractivity contribution is 0.0212. The molecule has 0 radical (unpaired) electrons. The molecule has 7 heteroatoms. The highest BCUT2D eigenvalue weighted by Crippen LogP contribution is 2.42. The SMILES string of the molecule is COc1nc2cccnc2n1[C@H]1C[C@H](N(C(=O)O)C(C)(C)C)C1. The van der Waals surface area contributed by atoms with E-state index in [4.69, 9.17) is 4.74 Å².